The van der Waals surface area contributed by atoms with Crippen molar-refractivity contribution in [3.8, 4) is 5.69 Å². The monoisotopic (exact) mass is 543 g/mol. The minimum atomic E-state index is -0.208. The van der Waals surface area contributed by atoms with Gasteiger partial charge < -0.3 is 15.1 Å². The third-order valence-electron chi connectivity index (χ3n) is 6.67. The first-order valence-electron chi connectivity index (χ1n) is 13.3. The summed E-state index contributed by atoms with van der Waals surface area (Å²) in [6.07, 6.45) is 4.18. The van der Waals surface area contributed by atoms with E-state index in [-0.39, 0.29) is 11.5 Å². The van der Waals surface area contributed by atoms with Crippen LogP contribution in [0.25, 0.3) is 16.7 Å². The van der Waals surface area contributed by atoms with Crippen molar-refractivity contribution in [3.63, 3.8) is 0 Å². The number of carbonyl (C=O) groups is 1. The largest absolute Gasteiger partial charge is 0.352 e. The maximum absolute atomic E-state index is 13.1. The van der Waals surface area contributed by atoms with Gasteiger partial charge in [-0.1, -0.05) is 0 Å². The van der Waals surface area contributed by atoms with Gasteiger partial charge in [0.25, 0.3) is 11.5 Å². The van der Waals surface area contributed by atoms with E-state index >= 15 is 0 Å². The summed E-state index contributed by atoms with van der Waals surface area (Å²) in [5, 5.41) is 5.32. The Morgan fingerprint density at radius 3 is 2.30 bits per heavy atom. The van der Waals surface area contributed by atoms with Crippen molar-refractivity contribution < 1.29 is 9.63 Å². The summed E-state index contributed by atoms with van der Waals surface area (Å²) >= 11 is 0. The molecule has 3 aromatic heterocycles. The fourth-order valence-corrected chi connectivity index (χ4v) is 4.59. The van der Waals surface area contributed by atoms with Crippen molar-refractivity contribution in [2.45, 2.75) is 13.3 Å². The van der Waals surface area contributed by atoms with Crippen LogP contribution in [0.5, 0.6) is 0 Å². The van der Waals surface area contributed by atoms with Crippen molar-refractivity contribution in [2.75, 3.05) is 63.2 Å². The van der Waals surface area contributed by atoms with Crippen LogP contribution in [0.1, 0.15) is 22.5 Å². The number of hydroxylamine groups is 2. The SMILES string of the molecule is Cc1nc(N2CCN(c3ncccn3)CC2)nc2c1ccc(=O)n2-c1ccc(C(=O)NCCCON(C)C)cc1. The summed E-state index contributed by atoms with van der Waals surface area (Å²) in [7, 11) is 3.64. The molecule has 1 fully saturated rings. The molecule has 0 unspecified atom stereocenters. The van der Waals surface area contributed by atoms with E-state index in [1.165, 1.54) is 6.07 Å². The lowest BCUT2D eigenvalue weighted by Gasteiger charge is -2.34. The molecule has 1 aliphatic heterocycles. The van der Waals surface area contributed by atoms with Gasteiger partial charge in [-0.3, -0.25) is 19.0 Å². The van der Waals surface area contributed by atoms with Gasteiger partial charge >= 0.3 is 0 Å². The Bertz CT molecular complexity index is 1520. The summed E-state index contributed by atoms with van der Waals surface area (Å²) in [4.78, 5) is 53.6. The summed E-state index contributed by atoms with van der Waals surface area (Å²) in [6.45, 7) is 5.82. The normalized spacial score (nSPS) is 13.7. The molecule has 12 nitrogen and oxygen atoms in total. The molecule has 4 heterocycles. The van der Waals surface area contributed by atoms with Crippen LogP contribution in [0.4, 0.5) is 11.9 Å². The average molecular weight is 544 g/mol. The van der Waals surface area contributed by atoms with Gasteiger partial charge in [-0.2, -0.15) is 10.0 Å². The number of hydrogen-bond donors (Lipinski definition) is 1. The number of amides is 1. The van der Waals surface area contributed by atoms with Crippen molar-refractivity contribution in [1.82, 2.24) is 34.9 Å². The molecule has 1 aliphatic rings. The predicted octanol–water partition coefficient (Wildman–Crippen LogP) is 1.82. The van der Waals surface area contributed by atoms with Crippen LogP contribution in [0.2, 0.25) is 0 Å². The van der Waals surface area contributed by atoms with E-state index in [0.717, 1.165) is 24.2 Å². The molecule has 0 radical (unpaired) electrons. The quantitative estimate of drug-likeness (QED) is 0.247. The standard InChI is InChI=1S/C28H33N9O3/c1-20-23-10-11-24(38)37(22-8-6-21(7-9-22)26(39)29-14-5-19-40-34(2)3)25(23)33-28(32-20)36-17-15-35(16-18-36)27-30-12-4-13-31-27/h4,6-13H,5,14-19H2,1-3H3,(H,29,39). The van der Waals surface area contributed by atoms with E-state index in [4.69, 9.17) is 14.8 Å². The molecule has 0 saturated carbocycles. The van der Waals surface area contributed by atoms with E-state index in [0.29, 0.717) is 61.5 Å². The average Bonchev–Trinajstić information content (AvgIpc) is 2.97. The smallest absolute Gasteiger partial charge is 0.256 e. The summed E-state index contributed by atoms with van der Waals surface area (Å²) in [6, 6.07) is 12.0. The van der Waals surface area contributed by atoms with Gasteiger partial charge in [0.1, 0.15) is 0 Å². The minimum Gasteiger partial charge on any atom is -0.352 e. The van der Waals surface area contributed by atoms with Crippen LogP contribution in [-0.4, -0.2) is 88.9 Å². The van der Waals surface area contributed by atoms with Crippen molar-refractivity contribution in [3.05, 3.63) is 76.5 Å². The molecule has 5 rings (SSSR count). The maximum Gasteiger partial charge on any atom is 0.256 e. The Hall–Kier alpha value is -4.42. The van der Waals surface area contributed by atoms with E-state index in [9.17, 15) is 9.59 Å². The van der Waals surface area contributed by atoms with E-state index < -0.39 is 0 Å². The number of nitrogens with zero attached hydrogens (tertiary/aromatic N) is 8. The number of benzene rings is 1. The van der Waals surface area contributed by atoms with Crippen LogP contribution in [0.3, 0.4) is 0 Å². The molecule has 1 saturated heterocycles. The lowest BCUT2D eigenvalue weighted by Crippen LogP contribution is -2.47. The zero-order chi connectivity index (χ0) is 28.1. The second kappa shape index (κ2) is 12.2. The van der Waals surface area contributed by atoms with Crippen LogP contribution in [-0.2, 0) is 4.84 Å². The van der Waals surface area contributed by atoms with Crippen LogP contribution < -0.4 is 20.7 Å². The first-order chi connectivity index (χ1) is 19.4. The fourth-order valence-electron chi connectivity index (χ4n) is 4.59. The first-order valence-corrected chi connectivity index (χ1v) is 13.3. The molecule has 0 bridgehead atoms. The molecule has 4 aromatic rings. The predicted molar refractivity (Wildman–Crippen MR) is 153 cm³/mol. The van der Waals surface area contributed by atoms with Crippen molar-refractivity contribution in [2.24, 2.45) is 0 Å². The number of anilines is 2. The summed E-state index contributed by atoms with van der Waals surface area (Å²) < 4.78 is 1.57. The molecule has 0 atom stereocenters. The van der Waals surface area contributed by atoms with Crippen molar-refractivity contribution in [1.29, 1.82) is 0 Å². The molecule has 0 aliphatic carbocycles. The molecule has 1 amide bonds. The second-order valence-corrected chi connectivity index (χ2v) is 9.68. The minimum absolute atomic E-state index is 0.179. The number of aryl methyl sites for hydroxylation is 1. The van der Waals surface area contributed by atoms with E-state index in [2.05, 4.69) is 25.1 Å². The second-order valence-electron chi connectivity index (χ2n) is 9.68. The van der Waals surface area contributed by atoms with Crippen LogP contribution >= 0.6 is 0 Å². The van der Waals surface area contributed by atoms with Gasteiger partial charge in [0.2, 0.25) is 11.9 Å². The lowest BCUT2D eigenvalue weighted by atomic mass is 10.1. The Balaban J connectivity index is 1.35. The lowest BCUT2D eigenvalue weighted by molar-refractivity contribution is -0.119. The third kappa shape index (κ3) is 6.08. The van der Waals surface area contributed by atoms with Gasteiger partial charge in [0.05, 0.1) is 18.0 Å². The van der Waals surface area contributed by atoms with E-state index in [1.807, 2.05) is 21.0 Å². The van der Waals surface area contributed by atoms with Crippen LogP contribution in [0.15, 0.2) is 59.7 Å². The van der Waals surface area contributed by atoms with Crippen molar-refractivity contribution >= 4 is 28.8 Å². The topological polar surface area (TPSA) is 122 Å². The van der Waals surface area contributed by atoms with Gasteiger partial charge in [0, 0.05) is 76.2 Å². The number of pyridine rings is 1. The van der Waals surface area contributed by atoms with Gasteiger partial charge in [-0.05, 0) is 49.7 Å². The number of hydrogen-bond acceptors (Lipinski definition) is 10. The number of aromatic nitrogens is 5. The fraction of sp³-hybridized carbons (Fsp3) is 0.357. The number of nitrogens with one attached hydrogen (secondary N) is 1. The Morgan fingerprint density at radius 1 is 0.950 bits per heavy atom. The number of rotatable bonds is 9. The first kappa shape index (κ1) is 27.2. The third-order valence-corrected chi connectivity index (χ3v) is 6.67. The molecular weight excluding hydrogens is 510 g/mol. The van der Waals surface area contributed by atoms with Crippen LogP contribution in [0, 0.1) is 6.92 Å². The highest BCUT2D eigenvalue weighted by molar-refractivity contribution is 5.94. The Kier molecular flexibility index (Phi) is 8.27. The Morgan fingerprint density at radius 2 is 1.62 bits per heavy atom. The number of carbonyl (C=O) groups excluding carboxylic acids is 1. The highest BCUT2D eigenvalue weighted by Gasteiger charge is 2.22. The maximum atomic E-state index is 13.1. The summed E-state index contributed by atoms with van der Waals surface area (Å²) in [5.74, 6) is 1.11. The van der Waals surface area contributed by atoms with Gasteiger partial charge in [0.15, 0.2) is 5.65 Å². The molecule has 40 heavy (non-hydrogen) atoms. The van der Waals surface area contributed by atoms with Gasteiger partial charge in [-0.15, -0.1) is 0 Å². The molecule has 1 aromatic carbocycles. The van der Waals surface area contributed by atoms with E-state index in [1.54, 1.807) is 58.4 Å². The zero-order valence-electron chi connectivity index (χ0n) is 22.9. The summed E-state index contributed by atoms with van der Waals surface area (Å²) in [5.41, 5.74) is 2.25. The Labute approximate surface area is 232 Å². The number of fused-ring (bicyclic) bond motifs is 1. The molecule has 1 N–H and O–H groups in total. The molecule has 0 spiro atoms. The highest BCUT2D eigenvalue weighted by Crippen LogP contribution is 2.22. The highest BCUT2D eigenvalue weighted by atomic mass is 16.7. The molecule has 12 heteroatoms. The van der Waals surface area contributed by atoms with Gasteiger partial charge in [-0.25, -0.2) is 15.0 Å². The molecule has 208 valence electrons. The molecular formula is C28H33N9O3. The number of piperazine rings is 1. The zero-order valence-corrected chi connectivity index (χ0v) is 22.9.